The lowest BCUT2D eigenvalue weighted by Gasteiger charge is -2.23. The highest BCUT2D eigenvalue weighted by Crippen LogP contribution is 2.39. The first-order valence-corrected chi connectivity index (χ1v) is 7.87. The van der Waals surface area contributed by atoms with Crippen LogP contribution in [0.1, 0.15) is 37.8 Å². The topological polar surface area (TPSA) is 39.7 Å². The third-order valence-electron chi connectivity index (χ3n) is 4.28. The molecule has 0 saturated carbocycles. The first kappa shape index (κ1) is 16.7. The van der Waals surface area contributed by atoms with Gasteiger partial charge < -0.3 is 19.5 Å². The summed E-state index contributed by atoms with van der Waals surface area (Å²) in [5, 5.41) is 3.62. The summed E-state index contributed by atoms with van der Waals surface area (Å²) < 4.78 is 16.2. The van der Waals surface area contributed by atoms with E-state index < -0.39 is 0 Å². The maximum Gasteiger partial charge on any atom is 0.203 e. The Bertz CT molecular complexity index is 488. The fourth-order valence-corrected chi connectivity index (χ4v) is 2.85. The molecule has 0 aliphatic heterocycles. The zero-order chi connectivity index (χ0) is 15.9. The van der Waals surface area contributed by atoms with Crippen molar-refractivity contribution < 1.29 is 14.2 Å². The number of allylic oxidation sites excluding steroid dienone is 2. The van der Waals surface area contributed by atoms with Gasteiger partial charge in [0.25, 0.3) is 0 Å². The van der Waals surface area contributed by atoms with Crippen molar-refractivity contribution in [3.63, 3.8) is 0 Å². The van der Waals surface area contributed by atoms with Crippen LogP contribution in [0.15, 0.2) is 24.3 Å². The van der Waals surface area contributed by atoms with E-state index in [1.165, 1.54) is 19.3 Å². The summed E-state index contributed by atoms with van der Waals surface area (Å²) in [5.74, 6) is 2.77. The molecule has 0 aromatic heterocycles. The van der Waals surface area contributed by atoms with Gasteiger partial charge in [0.1, 0.15) is 0 Å². The molecule has 1 aliphatic carbocycles. The highest BCUT2D eigenvalue weighted by atomic mass is 16.5. The molecule has 0 bridgehead atoms. The molecule has 1 N–H and O–H groups in total. The van der Waals surface area contributed by atoms with Crippen LogP contribution >= 0.6 is 0 Å². The molecule has 2 atom stereocenters. The second kappa shape index (κ2) is 8.08. The van der Waals surface area contributed by atoms with E-state index in [4.69, 9.17) is 14.2 Å². The van der Waals surface area contributed by atoms with E-state index in [1.54, 1.807) is 21.3 Å². The Labute approximate surface area is 133 Å². The third-order valence-corrected chi connectivity index (χ3v) is 4.28. The molecule has 0 radical (unpaired) electrons. The van der Waals surface area contributed by atoms with Crippen molar-refractivity contribution in [2.45, 2.75) is 32.2 Å². The molecule has 1 aliphatic rings. The number of nitrogens with one attached hydrogen (secondary N) is 1. The second-order valence-corrected chi connectivity index (χ2v) is 5.74. The normalized spacial score (nSPS) is 18.8. The van der Waals surface area contributed by atoms with Gasteiger partial charge in [0, 0.05) is 6.04 Å². The molecule has 4 nitrogen and oxygen atoms in total. The number of hydrogen-bond acceptors (Lipinski definition) is 4. The number of benzene rings is 1. The van der Waals surface area contributed by atoms with E-state index in [0.717, 1.165) is 18.0 Å². The van der Waals surface area contributed by atoms with Crippen LogP contribution < -0.4 is 19.5 Å². The monoisotopic (exact) mass is 305 g/mol. The number of rotatable bonds is 7. The van der Waals surface area contributed by atoms with Gasteiger partial charge in [-0.25, -0.2) is 0 Å². The second-order valence-electron chi connectivity index (χ2n) is 5.74. The number of hydrogen-bond donors (Lipinski definition) is 1. The highest BCUT2D eigenvalue weighted by Gasteiger charge is 2.17. The predicted molar refractivity (Wildman–Crippen MR) is 89.0 cm³/mol. The van der Waals surface area contributed by atoms with E-state index in [1.807, 2.05) is 12.1 Å². The smallest absolute Gasteiger partial charge is 0.203 e. The third kappa shape index (κ3) is 3.95. The Kier molecular flexibility index (Phi) is 6.13. The van der Waals surface area contributed by atoms with E-state index in [9.17, 15) is 0 Å². The zero-order valence-corrected chi connectivity index (χ0v) is 14.0. The van der Waals surface area contributed by atoms with Gasteiger partial charge in [0.2, 0.25) is 5.75 Å². The molecule has 4 heteroatoms. The van der Waals surface area contributed by atoms with Gasteiger partial charge in [-0.2, -0.15) is 0 Å². The Morgan fingerprint density at radius 2 is 1.77 bits per heavy atom. The molecule has 1 aromatic carbocycles. The average molecular weight is 305 g/mol. The van der Waals surface area contributed by atoms with E-state index in [2.05, 4.69) is 24.4 Å². The minimum Gasteiger partial charge on any atom is -0.493 e. The molecule has 2 unspecified atom stereocenters. The van der Waals surface area contributed by atoms with Crippen molar-refractivity contribution in [2.24, 2.45) is 5.92 Å². The van der Waals surface area contributed by atoms with Gasteiger partial charge in [-0.3, -0.25) is 0 Å². The number of ether oxygens (including phenoxy) is 3. The predicted octanol–water partition coefficient (Wildman–Crippen LogP) is 3.72. The lowest BCUT2D eigenvalue weighted by Crippen LogP contribution is -2.26. The standard InChI is InChI=1S/C18H27NO3/c1-13(19-12-14-8-6-5-7-9-14)15-10-16(20-2)18(22-4)17(11-15)21-3/h5-6,10-11,13-14,19H,7-9,12H2,1-4H3. The minimum atomic E-state index is 0.236. The van der Waals surface area contributed by atoms with E-state index >= 15 is 0 Å². The van der Waals surface area contributed by atoms with Gasteiger partial charge in [-0.15, -0.1) is 0 Å². The van der Waals surface area contributed by atoms with Crippen LogP contribution in [0, 0.1) is 5.92 Å². The van der Waals surface area contributed by atoms with Crippen LogP contribution in [-0.4, -0.2) is 27.9 Å². The molecular weight excluding hydrogens is 278 g/mol. The van der Waals surface area contributed by atoms with E-state index in [0.29, 0.717) is 17.2 Å². The van der Waals surface area contributed by atoms with Crippen LogP contribution in [0.3, 0.4) is 0 Å². The minimum absolute atomic E-state index is 0.236. The fourth-order valence-electron chi connectivity index (χ4n) is 2.85. The van der Waals surface area contributed by atoms with Crippen LogP contribution in [-0.2, 0) is 0 Å². The van der Waals surface area contributed by atoms with Gasteiger partial charge in [-0.05, 0) is 56.3 Å². The number of methoxy groups -OCH3 is 3. The molecule has 122 valence electrons. The van der Waals surface area contributed by atoms with Crippen LogP contribution in [0.25, 0.3) is 0 Å². The summed E-state index contributed by atoms with van der Waals surface area (Å²) in [6, 6.07) is 4.26. The highest BCUT2D eigenvalue weighted by molar-refractivity contribution is 5.54. The summed E-state index contributed by atoms with van der Waals surface area (Å²) >= 11 is 0. The molecule has 0 heterocycles. The fraction of sp³-hybridized carbons (Fsp3) is 0.556. The first-order chi connectivity index (χ1) is 10.7. The maximum atomic E-state index is 5.42. The molecule has 1 aromatic rings. The molecule has 22 heavy (non-hydrogen) atoms. The average Bonchev–Trinajstić information content (AvgIpc) is 2.59. The largest absolute Gasteiger partial charge is 0.493 e. The molecule has 0 amide bonds. The Morgan fingerprint density at radius 1 is 1.09 bits per heavy atom. The van der Waals surface area contributed by atoms with Crippen molar-refractivity contribution >= 4 is 0 Å². The molecular formula is C18H27NO3. The van der Waals surface area contributed by atoms with Crippen LogP contribution in [0.4, 0.5) is 0 Å². The van der Waals surface area contributed by atoms with Crippen molar-refractivity contribution in [1.29, 1.82) is 0 Å². The van der Waals surface area contributed by atoms with Crippen molar-refractivity contribution in [3.8, 4) is 17.2 Å². The summed E-state index contributed by atoms with van der Waals surface area (Å²) in [6.07, 6.45) is 8.21. The van der Waals surface area contributed by atoms with E-state index in [-0.39, 0.29) is 6.04 Å². The van der Waals surface area contributed by atoms with Crippen molar-refractivity contribution in [2.75, 3.05) is 27.9 Å². The summed E-state index contributed by atoms with van der Waals surface area (Å²) in [5.41, 5.74) is 1.14. The lowest BCUT2D eigenvalue weighted by atomic mass is 9.94. The van der Waals surface area contributed by atoms with Gasteiger partial charge in [-0.1, -0.05) is 12.2 Å². The molecule has 0 fully saturated rings. The maximum absolute atomic E-state index is 5.42. The zero-order valence-electron chi connectivity index (χ0n) is 14.0. The van der Waals surface area contributed by atoms with Gasteiger partial charge in [0.15, 0.2) is 11.5 Å². The van der Waals surface area contributed by atoms with Crippen LogP contribution in [0.2, 0.25) is 0 Å². The Morgan fingerprint density at radius 3 is 2.27 bits per heavy atom. The molecule has 0 spiro atoms. The van der Waals surface area contributed by atoms with Gasteiger partial charge in [0.05, 0.1) is 21.3 Å². The summed E-state index contributed by atoms with van der Waals surface area (Å²) in [6.45, 7) is 3.20. The SMILES string of the molecule is COc1cc(C(C)NCC2CC=CCC2)cc(OC)c1OC. The Balaban J connectivity index is 2.08. The quantitative estimate of drug-likeness (QED) is 0.779. The summed E-state index contributed by atoms with van der Waals surface area (Å²) in [4.78, 5) is 0. The molecule has 0 saturated heterocycles. The van der Waals surface area contributed by atoms with Gasteiger partial charge >= 0.3 is 0 Å². The summed E-state index contributed by atoms with van der Waals surface area (Å²) in [7, 11) is 4.92. The Hall–Kier alpha value is -1.68. The van der Waals surface area contributed by atoms with Crippen molar-refractivity contribution in [1.82, 2.24) is 5.32 Å². The lowest BCUT2D eigenvalue weighted by molar-refractivity contribution is 0.322. The van der Waals surface area contributed by atoms with Crippen molar-refractivity contribution in [3.05, 3.63) is 29.8 Å². The molecule has 2 rings (SSSR count). The van der Waals surface area contributed by atoms with Crippen LogP contribution in [0.5, 0.6) is 17.2 Å². The first-order valence-electron chi connectivity index (χ1n) is 7.87.